The van der Waals surface area contributed by atoms with E-state index in [1.165, 1.54) is 0 Å². The molecule has 0 aliphatic rings. The summed E-state index contributed by atoms with van der Waals surface area (Å²) >= 11 is 5.13. The zero-order valence-corrected chi connectivity index (χ0v) is 20.0. The van der Waals surface area contributed by atoms with Crippen molar-refractivity contribution in [3.8, 4) is 5.75 Å². The van der Waals surface area contributed by atoms with Crippen molar-refractivity contribution in [1.82, 2.24) is 16.2 Å². The zero-order valence-electron chi connectivity index (χ0n) is 19.2. The van der Waals surface area contributed by atoms with Gasteiger partial charge in [-0.25, -0.2) is 0 Å². The second kappa shape index (κ2) is 12.9. The van der Waals surface area contributed by atoms with Crippen molar-refractivity contribution in [3.63, 3.8) is 0 Å². The lowest BCUT2D eigenvalue weighted by Gasteiger charge is -2.14. The largest absolute Gasteiger partial charge is 0.492 e. The lowest BCUT2D eigenvalue weighted by atomic mass is 10.1. The molecule has 3 rings (SSSR count). The second-order valence-electron chi connectivity index (χ2n) is 7.42. The number of rotatable bonds is 8. The molecule has 0 aromatic heterocycles. The Labute approximate surface area is 209 Å². The van der Waals surface area contributed by atoms with Crippen molar-refractivity contribution in [3.05, 3.63) is 95.6 Å². The van der Waals surface area contributed by atoms with Gasteiger partial charge in [0.15, 0.2) is 5.11 Å². The molecule has 0 saturated carbocycles. The van der Waals surface area contributed by atoms with Crippen LogP contribution in [0.25, 0.3) is 0 Å². The number of carbonyl (C=O) groups excluding carboxylic acids is 3. The van der Waals surface area contributed by atoms with E-state index in [2.05, 4.69) is 21.5 Å². The molecule has 35 heavy (non-hydrogen) atoms. The monoisotopic (exact) mass is 490 g/mol. The zero-order chi connectivity index (χ0) is 25.0. The highest BCUT2D eigenvalue weighted by Gasteiger charge is 2.14. The highest BCUT2D eigenvalue weighted by molar-refractivity contribution is 7.80. The number of thiocarbonyl (C=S) groups is 1. The molecular weight excluding hydrogens is 464 g/mol. The van der Waals surface area contributed by atoms with Gasteiger partial charge in [-0.15, -0.1) is 0 Å². The Kier molecular flexibility index (Phi) is 9.32. The van der Waals surface area contributed by atoms with Crippen molar-refractivity contribution in [2.45, 2.75) is 19.8 Å². The summed E-state index contributed by atoms with van der Waals surface area (Å²) < 4.78 is 5.82. The van der Waals surface area contributed by atoms with E-state index >= 15 is 0 Å². The molecule has 3 amide bonds. The molecule has 0 aliphatic carbocycles. The van der Waals surface area contributed by atoms with Crippen LogP contribution in [0.1, 0.15) is 39.6 Å². The van der Waals surface area contributed by atoms with Crippen molar-refractivity contribution in [1.29, 1.82) is 0 Å². The minimum atomic E-state index is -0.469. The van der Waals surface area contributed by atoms with Gasteiger partial charge in [0, 0.05) is 24.1 Å². The van der Waals surface area contributed by atoms with Gasteiger partial charge in [0.1, 0.15) is 5.75 Å². The van der Waals surface area contributed by atoms with Gasteiger partial charge in [0.05, 0.1) is 12.2 Å². The first-order chi connectivity index (χ1) is 17.0. The average molecular weight is 491 g/mol. The van der Waals surface area contributed by atoms with Gasteiger partial charge in [-0.05, 0) is 54.2 Å². The summed E-state index contributed by atoms with van der Waals surface area (Å²) in [4.78, 5) is 36.5. The minimum Gasteiger partial charge on any atom is -0.492 e. The SMILES string of the molecule is CCC(=O)Nc1ccc(C(=O)NNC(=S)NC(=O)c2ccccc2OCCc2ccccc2)cc1. The number of hydrogen-bond donors (Lipinski definition) is 4. The molecule has 3 aromatic rings. The Morgan fingerprint density at radius 3 is 2.23 bits per heavy atom. The van der Waals surface area contributed by atoms with E-state index in [4.69, 9.17) is 17.0 Å². The maximum Gasteiger partial charge on any atom is 0.269 e. The summed E-state index contributed by atoms with van der Waals surface area (Å²) in [5.41, 5.74) is 7.33. The fourth-order valence-corrected chi connectivity index (χ4v) is 3.19. The summed E-state index contributed by atoms with van der Waals surface area (Å²) in [5, 5.41) is 5.16. The fourth-order valence-electron chi connectivity index (χ4n) is 3.05. The van der Waals surface area contributed by atoms with E-state index in [0.29, 0.717) is 42.0 Å². The predicted octanol–water partition coefficient (Wildman–Crippen LogP) is 3.61. The van der Waals surface area contributed by atoms with Crippen LogP contribution in [0.5, 0.6) is 5.75 Å². The van der Waals surface area contributed by atoms with E-state index in [1.54, 1.807) is 55.5 Å². The van der Waals surface area contributed by atoms with Gasteiger partial charge in [-0.1, -0.05) is 49.4 Å². The van der Waals surface area contributed by atoms with Gasteiger partial charge >= 0.3 is 0 Å². The van der Waals surface area contributed by atoms with Crippen LogP contribution >= 0.6 is 12.2 Å². The molecule has 0 unspecified atom stereocenters. The van der Waals surface area contributed by atoms with Gasteiger partial charge in [0.2, 0.25) is 5.91 Å². The molecule has 0 heterocycles. The summed E-state index contributed by atoms with van der Waals surface area (Å²) in [7, 11) is 0. The average Bonchev–Trinajstić information content (AvgIpc) is 2.88. The highest BCUT2D eigenvalue weighted by Crippen LogP contribution is 2.18. The van der Waals surface area contributed by atoms with Crippen LogP contribution in [0.2, 0.25) is 0 Å². The molecule has 4 N–H and O–H groups in total. The van der Waals surface area contributed by atoms with Crippen molar-refractivity contribution >= 4 is 40.7 Å². The highest BCUT2D eigenvalue weighted by atomic mass is 32.1. The number of amides is 3. The number of anilines is 1. The minimum absolute atomic E-state index is 0.0748. The molecule has 0 aliphatic heterocycles. The van der Waals surface area contributed by atoms with Crippen LogP contribution in [0.15, 0.2) is 78.9 Å². The standard InChI is InChI=1S/C26H26N4O4S/c1-2-23(31)27-20-14-12-19(13-15-20)24(32)29-30-26(35)28-25(33)21-10-6-7-11-22(21)34-17-16-18-8-4-3-5-9-18/h3-15H,2,16-17H2,1H3,(H,27,31)(H,29,32)(H2,28,30,33,35). The lowest BCUT2D eigenvalue weighted by Crippen LogP contribution is -2.48. The normalized spacial score (nSPS) is 10.1. The Bertz CT molecular complexity index is 1180. The smallest absolute Gasteiger partial charge is 0.269 e. The Balaban J connectivity index is 1.49. The summed E-state index contributed by atoms with van der Waals surface area (Å²) in [6, 6.07) is 23.1. The quantitative estimate of drug-likeness (QED) is 0.284. The number of benzene rings is 3. The first-order valence-electron chi connectivity index (χ1n) is 11.0. The van der Waals surface area contributed by atoms with E-state index in [0.717, 1.165) is 5.56 Å². The predicted molar refractivity (Wildman–Crippen MR) is 138 cm³/mol. The van der Waals surface area contributed by atoms with Crippen LogP contribution in [0.3, 0.4) is 0 Å². The van der Waals surface area contributed by atoms with Crippen LogP contribution in [0.4, 0.5) is 5.69 Å². The molecule has 0 bridgehead atoms. The van der Waals surface area contributed by atoms with E-state index < -0.39 is 11.8 Å². The number of hydrogen-bond acceptors (Lipinski definition) is 5. The maximum atomic E-state index is 12.7. The lowest BCUT2D eigenvalue weighted by molar-refractivity contribution is -0.115. The summed E-state index contributed by atoms with van der Waals surface area (Å²) in [6.45, 7) is 2.16. The topological polar surface area (TPSA) is 109 Å². The van der Waals surface area contributed by atoms with Crippen LogP contribution in [-0.2, 0) is 11.2 Å². The molecule has 0 saturated heterocycles. The van der Waals surface area contributed by atoms with Gasteiger partial charge in [-0.3, -0.25) is 30.6 Å². The first kappa shape index (κ1) is 25.4. The third kappa shape index (κ3) is 7.94. The number of ether oxygens (including phenoxy) is 1. The van der Waals surface area contributed by atoms with Crippen LogP contribution < -0.4 is 26.2 Å². The van der Waals surface area contributed by atoms with E-state index in [1.807, 2.05) is 30.3 Å². The van der Waals surface area contributed by atoms with Gasteiger partial charge < -0.3 is 10.1 Å². The maximum absolute atomic E-state index is 12.7. The van der Waals surface area contributed by atoms with Gasteiger partial charge in [-0.2, -0.15) is 0 Å². The summed E-state index contributed by atoms with van der Waals surface area (Å²) in [5.74, 6) is -0.612. The molecule has 0 spiro atoms. The third-order valence-corrected chi connectivity index (χ3v) is 5.10. The number of hydrazine groups is 1. The fraction of sp³-hybridized carbons (Fsp3) is 0.154. The number of para-hydroxylation sites is 1. The van der Waals surface area contributed by atoms with Crippen molar-refractivity contribution in [2.24, 2.45) is 0 Å². The number of nitrogens with one attached hydrogen (secondary N) is 4. The number of carbonyl (C=O) groups is 3. The molecule has 180 valence electrons. The molecule has 0 fully saturated rings. The van der Waals surface area contributed by atoms with E-state index in [-0.39, 0.29) is 11.0 Å². The van der Waals surface area contributed by atoms with Gasteiger partial charge in [0.25, 0.3) is 11.8 Å². The molecule has 0 atom stereocenters. The molecular formula is C26H26N4O4S. The first-order valence-corrected chi connectivity index (χ1v) is 11.4. The molecule has 8 nitrogen and oxygen atoms in total. The Morgan fingerprint density at radius 1 is 0.829 bits per heavy atom. The van der Waals surface area contributed by atoms with Crippen molar-refractivity contribution in [2.75, 3.05) is 11.9 Å². The second-order valence-corrected chi connectivity index (χ2v) is 7.83. The Hall–Kier alpha value is -4.24. The van der Waals surface area contributed by atoms with E-state index in [9.17, 15) is 14.4 Å². The van der Waals surface area contributed by atoms with Crippen LogP contribution in [-0.4, -0.2) is 29.4 Å². The molecule has 0 radical (unpaired) electrons. The Morgan fingerprint density at radius 2 is 1.51 bits per heavy atom. The third-order valence-electron chi connectivity index (χ3n) is 4.89. The summed E-state index contributed by atoms with van der Waals surface area (Å²) in [6.07, 6.45) is 1.06. The van der Waals surface area contributed by atoms with Crippen LogP contribution in [0, 0.1) is 0 Å². The van der Waals surface area contributed by atoms with Crippen molar-refractivity contribution < 1.29 is 19.1 Å². The molecule has 3 aromatic carbocycles. The molecule has 9 heteroatoms.